The molecule has 0 amide bonds. The molecule has 1 aromatic carbocycles. The lowest BCUT2D eigenvalue weighted by atomic mass is 10.1. The summed E-state index contributed by atoms with van der Waals surface area (Å²) in [7, 11) is 3.48. The van der Waals surface area contributed by atoms with Gasteiger partial charge >= 0.3 is 0 Å². The average molecular weight is 467 g/mol. The molecule has 7 heteroatoms. The highest BCUT2D eigenvalue weighted by atomic mass is 127. The second kappa shape index (κ2) is 11.1. The van der Waals surface area contributed by atoms with Gasteiger partial charge in [0.25, 0.3) is 0 Å². The maximum atomic E-state index is 13.1. The van der Waals surface area contributed by atoms with E-state index in [0.717, 1.165) is 30.4 Å². The lowest BCUT2D eigenvalue weighted by molar-refractivity contribution is 0.105. The molecule has 4 nitrogen and oxygen atoms in total. The largest absolute Gasteiger partial charge is 0.375 e. The minimum Gasteiger partial charge on any atom is -0.375 e. The number of aliphatic imine (C=N–C) groups is 1. The van der Waals surface area contributed by atoms with Crippen LogP contribution >= 0.6 is 35.7 Å². The number of rotatable bonds is 5. The Kier molecular flexibility index (Phi) is 9.99. The van der Waals surface area contributed by atoms with Crippen molar-refractivity contribution in [2.45, 2.75) is 24.7 Å². The molecule has 1 aliphatic heterocycles. The van der Waals surface area contributed by atoms with E-state index in [2.05, 4.69) is 22.1 Å². The Morgan fingerprint density at radius 3 is 2.75 bits per heavy atom. The smallest absolute Gasteiger partial charge is 0.193 e. The summed E-state index contributed by atoms with van der Waals surface area (Å²) in [6.07, 6.45) is 1.04. The number of benzene rings is 1. The molecule has 0 aromatic heterocycles. The summed E-state index contributed by atoms with van der Waals surface area (Å²) in [6, 6.07) is 6.45. The van der Waals surface area contributed by atoms with E-state index in [0.29, 0.717) is 11.8 Å². The third kappa shape index (κ3) is 6.07. The van der Waals surface area contributed by atoms with E-state index in [1.807, 2.05) is 18.8 Å². The highest BCUT2D eigenvalue weighted by Crippen LogP contribution is 2.21. The fraction of sp³-hybridized carbons (Fsp3) is 0.588. The lowest BCUT2D eigenvalue weighted by Crippen LogP contribution is -2.48. The van der Waals surface area contributed by atoms with Gasteiger partial charge in [-0.1, -0.05) is 19.1 Å². The van der Waals surface area contributed by atoms with Crippen LogP contribution in [0.1, 0.15) is 25.0 Å². The van der Waals surface area contributed by atoms with Crippen molar-refractivity contribution < 1.29 is 9.13 Å². The maximum absolute atomic E-state index is 13.1. The number of hydrogen-bond donors (Lipinski definition) is 1. The van der Waals surface area contributed by atoms with Crippen LogP contribution in [0.25, 0.3) is 0 Å². The van der Waals surface area contributed by atoms with Gasteiger partial charge in [-0.15, -0.1) is 24.0 Å². The number of halogens is 2. The normalized spacial score (nSPS) is 19.6. The number of thioether (sulfide) groups is 1. The van der Waals surface area contributed by atoms with Gasteiger partial charge in [0.15, 0.2) is 5.96 Å². The van der Waals surface area contributed by atoms with Crippen LogP contribution in [0.15, 0.2) is 29.3 Å². The van der Waals surface area contributed by atoms with Gasteiger partial charge in [0, 0.05) is 44.8 Å². The van der Waals surface area contributed by atoms with Gasteiger partial charge in [-0.25, -0.2) is 4.39 Å². The summed E-state index contributed by atoms with van der Waals surface area (Å²) in [5.74, 6) is 1.81. The predicted octanol–water partition coefficient (Wildman–Crippen LogP) is 3.53. The molecule has 2 unspecified atom stereocenters. The summed E-state index contributed by atoms with van der Waals surface area (Å²) in [5, 5.41) is 4.06. The molecule has 1 aliphatic rings. The lowest BCUT2D eigenvalue weighted by Gasteiger charge is -2.34. The first-order valence-corrected chi connectivity index (χ1v) is 9.08. The molecule has 0 spiro atoms. The van der Waals surface area contributed by atoms with Crippen LogP contribution < -0.4 is 5.32 Å². The summed E-state index contributed by atoms with van der Waals surface area (Å²) in [4.78, 5) is 6.71. The molecule has 136 valence electrons. The first-order chi connectivity index (χ1) is 11.2. The molecular weight excluding hydrogens is 440 g/mol. The van der Waals surface area contributed by atoms with Gasteiger partial charge in [-0.2, -0.15) is 11.8 Å². The number of hydrogen-bond acceptors (Lipinski definition) is 3. The third-order valence-corrected chi connectivity index (χ3v) is 5.45. The van der Waals surface area contributed by atoms with Crippen LogP contribution in [0.2, 0.25) is 0 Å². The van der Waals surface area contributed by atoms with Crippen LogP contribution in [0, 0.1) is 5.82 Å². The summed E-state index contributed by atoms with van der Waals surface area (Å²) >= 11 is 2.04. The zero-order valence-electron chi connectivity index (χ0n) is 14.5. The molecule has 1 saturated heterocycles. The number of nitrogens with one attached hydrogen (secondary N) is 1. The van der Waals surface area contributed by atoms with Crippen molar-refractivity contribution in [3.8, 4) is 0 Å². The first kappa shape index (κ1) is 21.5. The van der Waals surface area contributed by atoms with Gasteiger partial charge in [-0.3, -0.25) is 4.99 Å². The molecule has 2 atom stereocenters. The Morgan fingerprint density at radius 2 is 2.17 bits per heavy atom. The maximum Gasteiger partial charge on any atom is 0.193 e. The summed E-state index contributed by atoms with van der Waals surface area (Å²) < 4.78 is 18.6. The quantitative estimate of drug-likeness (QED) is 0.409. The van der Waals surface area contributed by atoms with Crippen LogP contribution in [-0.2, 0) is 4.74 Å². The minimum atomic E-state index is -0.233. The second-order valence-electron chi connectivity index (χ2n) is 5.55. The number of methoxy groups -OCH3 is 1. The van der Waals surface area contributed by atoms with Gasteiger partial charge in [0.2, 0.25) is 0 Å². The number of guanidine groups is 1. The first-order valence-electron chi connectivity index (χ1n) is 8.03. The third-order valence-electron chi connectivity index (χ3n) is 4.08. The van der Waals surface area contributed by atoms with Crippen LogP contribution in [-0.4, -0.2) is 55.7 Å². The van der Waals surface area contributed by atoms with Crippen molar-refractivity contribution in [2.75, 3.05) is 39.5 Å². The van der Waals surface area contributed by atoms with E-state index in [1.54, 1.807) is 19.2 Å². The summed E-state index contributed by atoms with van der Waals surface area (Å²) in [5.41, 5.74) is 0.956. The van der Waals surface area contributed by atoms with Crippen LogP contribution in [0.5, 0.6) is 0 Å². The standard InChI is InChI=1S/C17H26FN3OS.HI/c1-4-15-12-21(9-10-23-15)17(19-2)20-11-16(22-3)13-5-7-14(18)8-6-13;/h5-8,15-16H,4,9-12H2,1-3H3,(H,19,20);1H. The van der Waals surface area contributed by atoms with Crippen molar-refractivity contribution in [2.24, 2.45) is 4.99 Å². The fourth-order valence-electron chi connectivity index (χ4n) is 2.69. The van der Waals surface area contributed by atoms with E-state index >= 15 is 0 Å². The van der Waals surface area contributed by atoms with Crippen molar-refractivity contribution in [1.82, 2.24) is 10.2 Å². The highest BCUT2D eigenvalue weighted by Gasteiger charge is 2.22. The Balaban J connectivity index is 0.00000288. The molecule has 0 bridgehead atoms. The molecule has 2 rings (SSSR count). The molecule has 1 heterocycles. The highest BCUT2D eigenvalue weighted by molar-refractivity contribution is 14.0. The molecule has 1 aromatic rings. The average Bonchev–Trinajstić information content (AvgIpc) is 2.60. The second-order valence-corrected chi connectivity index (χ2v) is 6.96. The monoisotopic (exact) mass is 467 g/mol. The predicted molar refractivity (Wildman–Crippen MR) is 111 cm³/mol. The van der Waals surface area contributed by atoms with Gasteiger partial charge < -0.3 is 15.0 Å². The van der Waals surface area contributed by atoms with Crippen molar-refractivity contribution >= 4 is 41.7 Å². The minimum absolute atomic E-state index is 0. The van der Waals surface area contributed by atoms with E-state index in [9.17, 15) is 4.39 Å². The molecule has 24 heavy (non-hydrogen) atoms. The van der Waals surface area contributed by atoms with Crippen molar-refractivity contribution in [1.29, 1.82) is 0 Å². The molecule has 0 aliphatic carbocycles. The molecule has 0 saturated carbocycles. The zero-order chi connectivity index (χ0) is 16.7. The Labute approximate surface area is 165 Å². The van der Waals surface area contributed by atoms with Crippen molar-refractivity contribution in [3.63, 3.8) is 0 Å². The Bertz CT molecular complexity index is 515. The van der Waals surface area contributed by atoms with Crippen LogP contribution in [0.3, 0.4) is 0 Å². The van der Waals surface area contributed by atoms with Gasteiger partial charge in [0.1, 0.15) is 5.82 Å². The summed E-state index contributed by atoms with van der Waals surface area (Å²) in [6.45, 7) is 4.87. The van der Waals surface area contributed by atoms with E-state index < -0.39 is 0 Å². The van der Waals surface area contributed by atoms with E-state index in [-0.39, 0.29) is 35.9 Å². The van der Waals surface area contributed by atoms with Gasteiger partial charge in [0.05, 0.1) is 6.10 Å². The van der Waals surface area contributed by atoms with Gasteiger partial charge in [-0.05, 0) is 24.1 Å². The number of nitrogens with zero attached hydrogens (tertiary/aromatic N) is 2. The topological polar surface area (TPSA) is 36.9 Å². The van der Waals surface area contributed by atoms with E-state index in [4.69, 9.17) is 4.74 Å². The molecule has 1 fully saturated rings. The molecule has 0 radical (unpaired) electrons. The SMILES string of the molecule is CCC1CN(C(=NC)NCC(OC)c2ccc(F)cc2)CCS1.I. The Morgan fingerprint density at radius 1 is 1.46 bits per heavy atom. The van der Waals surface area contributed by atoms with E-state index in [1.165, 1.54) is 18.6 Å². The fourth-order valence-corrected chi connectivity index (χ4v) is 3.87. The zero-order valence-corrected chi connectivity index (χ0v) is 17.6. The Hall–Kier alpha value is -0.540. The molecular formula is C17H27FIN3OS. The molecule has 1 N–H and O–H groups in total. The van der Waals surface area contributed by atoms with Crippen molar-refractivity contribution in [3.05, 3.63) is 35.6 Å². The van der Waals surface area contributed by atoms with Crippen LogP contribution in [0.4, 0.5) is 4.39 Å². The number of ether oxygens (including phenoxy) is 1.